The van der Waals surface area contributed by atoms with E-state index in [0.717, 1.165) is 33.4 Å². The van der Waals surface area contributed by atoms with E-state index in [1.807, 2.05) is 66.7 Å². The van der Waals surface area contributed by atoms with Crippen molar-refractivity contribution in [3.05, 3.63) is 181 Å². The third-order valence-electron chi connectivity index (χ3n) is 10.7. The number of amides is 2. The molecule has 0 fully saturated rings. The van der Waals surface area contributed by atoms with Crippen molar-refractivity contribution >= 4 is 52.6 Å². The molecule has 0 aromatic heterocycles. The van der Waals surface area contributed by atoms with E-state index in [0.29, 0.717) is 45.0 Å². The fourth-order valence-electron chi connectivity index (χ4n) is 7.40. The normalized spacial score (nSPS) is 15.8. The van der Waals surface area contributed by atoms with Crippen LogP contribution in [0.15, 0.2) is 127 Å². The molecule has 6 aromatic carbocycles. The van der Waals surface area contributed by atoms with Crippen LogP contribution in [-0.2, 0) is 35.6 Å². The molecule has 6 aromatic rings. The quantitative estimate of drug-likeness (QED) is 0.131. The van der Waals surface area contributed by atoms with Gasteiger partial charge in [-0.15, -0.1) is 0 Å². The number of rotatable bonds is 11. The van der Waals surface area contributed by atoms with Gasteiger partial charge in [0.2, 0.25) is 5.91 Å². The van der Waals surface area contributed by atoms with E-state index in [9.17, 15) is 19.5 Å². The largest absolute Gasteiger partial charge is 0.489 e. The monoisotopic (exact) mass is 871 g/mol. The SMILES string of the molecule is N#Cc1ccc(-c2ccc(C[C@H](NC(=O)[C@@H]3Cc4cc5c(cc4CN3C(=O)c3ccccc3Cl)OC(c3ccc(OCc4ccc(Cl)c(Cl)c4)cc3)CO5)C(=O)O)cc2)cc1. The Kier molecular flexibility index (Phi) is 12.2. The first-order valence-electron chi connectivity index (χ1n) is 19.3. The van der Waals surface area contributed by atoms with Crippen molar-refractivity contribution in [3.8, 4) is 34.4 Å². The van der Waals surface area contributed by atoms with Crippen molar-refractivity contribution in [2.75, 3.05) is 6.61 Å². The Morgan fingerprint density at radius 2 is 1.49 bits per heavy atom. The number of carboxylic acid groups (broad SMARTS) is 1. The van der Waals surface area contributed by atoms with Gasteiger partial charge in [0.1, 0.15) is 31.0 Å². The highest BCUT2D eigenvalue weighted by Crippen LogP contribution is 2.41. The molecule has 13 heteroatoms. The van der Waals surface area contributed by atoms with Crippen LogP contribution in [0.2, 0.25) is 15.1 Å². The summed E-state index contributed by atoms with van der Waals surface area (Å²) in [5.41, 5.74) is 6.50. The Morgan fingerprint density at radius 1 is 0.803 bits per heavy atom. The Labute approximate surface area is 366 Å². The standard InChI is InChI=1S/C48H36Cl3N3O7/c49-38-4-2-1-3-37(38)47(56)54-25-35-23-44-43(60-27-45(61-44)33-14-16-36(17-15-33)59-26-30-9-18-39(50)40(51)19-30)22-34(35)21-42(54)46(55)53-41(48(57)58)20-28-5-10-31(11-6-28)32-12-7-29(24-52)8-13-32/h1-19,22-23,41-42,45H,20-21,25-27H2,(H,53,55)(H,57,58)/t41-,42-,45?/m0/s1. The highest BCUT2D eigenvalue weighted by molar-refractivity contribution is 6.42. The van der Waals surface area contributed by atoms with Crippen LogP contribution in [0.3, 0.4) is 0 Å². The van der Waals surface area contributed by atoms with Crippen molar-refractivity contribution < 1.29 is 33.7 Å². The van der Waals surface area contributed by atoms with Crippen LogP contribution in [0.5, 0.6) is 17.2 Å². The van der Waals surface area contributed by atoms with Gasteiger partial charge >= 0.3 is 5.97 Å². The Balaban J connectivity index is 0.987. The molecule has 2 aliphatic rings. The van der Waals surface area contributed by atoms with E-state index in [1.165, 1.54) is 4.90 Å². The van der Waals surface area contributed by atoms with Crippen LogP contribution in [0.25, 0.3) is 11.1 Å². The summed E-state index contributed by atoms with van der Waals surface area (Å²) in [6.45, 7) is 0.566. The van der Waals surface area contributed by atoms with Crippen molar-refractivity contribution in [1.82, 2.24) is 10.2 Å². The summed E-state index contributed by atoms with van der Waals surface area (Å²) in [6, 6.07) is 37.4. The molecule has 3 atom stereocenters. The average molecular weight is 873 g/mol. The van der Waals surface area contributed by atoms with Crippen LogP contribution in [0.1, 0.15) is 49.8 Å². The minimum Gasteiger partial charge on any atom is -0.489 e. The molecule has 8 rings (SSSR count). The topological polar surface area (TPSA) is 138 Å². The molecule has 61 heavy (non-hydrogen) atoms. The van der Waals surface area contributed by atoms with Crippen molar-refractivity contribution in [2.45, 2.75) is 44.2 Å². The number of carbonyl (C=O) groups excluding carboxylic acids is 2. The highest BCUT2D eigenvalue weighted by atomic mass is 35.5. The van der Waals surface area contributed by atoms with Crippen LogP contribution >= 0.6 is 34.8 Å². The second-order valence-electron chi connectivity index (χ2n) is 14.7. The first kappa shape index (κ1) is 41.2. The maximum absolute atomic E-state index is 14.2. The lowest BCUT2D eigenvalue weighted by Gasteiger charge is -2.38. The summed E-state index contributed by atoms with van der Waals surface area (Å²) in [7, 11) is 0. The molecule has 2 N–H and O–H groups in total. The molecule has 2 amide bonds. The van der Waals surface area contributed by atoms with Crippen LogP contribution in [0, 0.1) is 11.3 Å². The molecule has 0 spiro atoms. The second kappa shape index (κ2) is 18.0. The summed E-state index contributed by atoms with van der Waals surface area (Å²) in [5, 5.41) is 23.3. The lowest BCUT2D eigenvalue weighted by molar-refractivity contribution is -0.142. The molecule has 0 radical (unpaired) electrons. The summed E-state index contributed by atoms with van der Waals surface area (Å²) in [5.74, 6) is -0.673. The van der Waals surface area contributed by atoms with Gasteiger partial charge < -0.3 is 29.5 Å². The van der Waals surface area contributed by atoms with Gasteiger partial charge in [0.15, 0.2) is 17.6 Å². The number of carbonyl (C=O) groups is 3. The Hall–Kier alpha value is -6.51. The van der Waals surface area contributed by atoms with Gasteiger partial charge in [0, 0.05) is 19.4 Å². The van der Waals surface area contributed by atoms with Crippen molar-refractivity contribution in [3.63, 3.8) is 0 Å². The fourth-order valence-corrected chi connectivity index (χ4v) is 7.94. The zero-order chi connectivity index (χ0) is 42.6. The molecular formula is C48H36Cl3N3O7. The summed E-state index contributed by atoms with van der Waals surface area (Å²) >= 11 is 18.7. The lowest BCUT2D eigenvalue weighted by atomic mass is 9.91. The molecule has 0 saturated carbocycles. The second-order valence-corrected chi connectivity index (χ2v) is 15.9. The zero-order valence-corrected chi connectivity index (χ0v) is 34.6. The van der Waals surface area contributed by atoms with Gasteiger partial charge in [0.25, 0.3) is 5.91 Å². The number of nitriles is 1. The number of halogens is 3. The molecule has 2 heterocycles. The Bertz CT molecular complexity index is 2670. The molecule has 10 nitrogen and oxygen atoms in total. The van der Waals surface area contributed by atoms with E-state index >= 15 is 0 Å². The maximum atomic E-state index is 14.2. The maximum Gasteiger partial charge on any atom is 0.326 e. The number of carboxylic acids is 1. The molecule has 2 aliphatic heterocycles. The van der Waals surface area contributed by atoms with Gasteiger partial charge in [-0.1, -0.05) is 102 Å². The van der Waals surface area contributed by atoms with Crippen LogP contribution in [-0.4, -0.2) is 46.5 Å². The molecular weight excluding hydrogens is 837 g/mol. The highest BCUT2D eigenvalue weighted by Gasteiger charge is 2.38. The number of fused-ring (bicyclic) bond motifs is 2. The Morgan fingerprint density at radius 3 is 2.18 bits per heavy atom. The number of nitrogens with zero attached hydrogens (tertiary/aromatic N) is 2. The van der Waals surface area contributed by atoms with Gasteiger partial charge in [-0.2, -0.15) is 5.26 Å². The number of hydrogen-bond acceptors (Lipinski definition) is 7. The summed E-state index contributed by atoms with van der Waals surface area (Å²) < 4.78 is 18.6. The number of benzene rings is 6. The van der Waals surface area contributed by atoms with Crippen LogP contribution in [0.4, 0.5) is 0 Å². The van der Waals surface area contributed by atoms with E-state index in [1.54, 1.807) is 60.7 Å². The van der Waals surface area contributed by atoms with Gasteiger partial charge in [0.05, 0.1) is 32.3 Å². The molecule has 0 saturated heterocycles. The lowest BCUT2D eigenvalue weighted by Crippen LogP contribution is -2.56. The number of hydrogen-bond donors (Lipinski definition) is 2. The third kappa shape index (κ3) is 9.30. The third-order valence-corrected chi connectivity index (χ3v) is 11.8. The van der Waals surface area contributed by atoms with Crippen molar-refractivity contribution in [2.24, 2.45) is 0 Å². The summed E-state index contributed by atoms with van der Waals surface area (Å²) in [4.78, 5) is 42.4. The zero-order valence-electron chi connectivity index (χ0n) is 32.3. The summed E-state index contributed by atoms with van der Waals surface area (Å²) in [6.07, 6.45) is -0.338. The minimum absolute atomic E-state index is 0.00479. The predicted molar refractivity (Wildman–Crippen MR) is 231 cm³/mol. The van der Waals surface area contributed by atoms with E-state index in [2.05, 4.69) is 11.4 Å². The predicted octanol–water partition coefficient (Wildman–Crippen LogP) is 9.66. The van der Waals surface area contributed by atoms with Crippen LogP contribution < -0.4 is 19.5 Å². The van der Waals surface area contributed by atoms with E-state index in [4.69, 9.17) is 54.3 Å². The van der Waals surface area contributed by atoms with Gasteiger partial charge in [-0.05, 0) is 99.6 Å². The molecule has 1 unspecified atom stereocenters. The fraction of sp³-hybridized carbons (Fsp3) is 0.167. The first-order valence-corrected chi connectivity index (χ1v) is 20.5. The minimum atomic E-state index is -1.28. The van der Waals surface area contributed by atoms with Crippen molar-refractivity contribution in [1.29, 1.82) is 5.26 Å². The van der Waals surface area contributed by atoms with E-state index in [-0.39, 0.29) is 36.6 Å². The number of aliphatic carboxylic acids is 1. The molecule has 0 aliphatic carbocycles. The molecule has 306 valence electrons. The molecule has 0 bridgehead atoms. The van der Waals surface area contributed by atoms with Gasteiger partial charge in [-0.3, -0.25) is 9.59 Å². The number of nitrogens with one attached hydrogen (secondary N) is 1. The average Bonchev–Trinajstić information content (AvgIpc) is 3.28. The van der Waals surface area contributed by atoms with E-state index < -0.39 is 36.0 Å². The van der Waals surface area contributed by atoms with Gasteiger partial charge in [-0.25, -0.2) is 4.79 Å². The number of ether oxygens (including phenoxy) is 3. The smallest absolute Gasteiger partial charge is 0.326 e. The first-order chi connectivity index (χ1) is 29.5.